The minimum absolute atomic E-state index is 0.122. The molecule has 6 nitrogen and oxygen atoms in total. The zero-order chi connectivity index (χ0) is 7.72. The lowest BCUT2D eigenvalue weighted by atomic mass is 10.3. The fraction of sp³-hybridized carbons (Fsp3) is 0.250. The summed E-state index contributed by atoms with van der Waals surface area (Å²) in [7, 11) is 0. The van der Waals surface area contributed by atoms with Crippen LogP contribution < -0.4 is 27.8 Å². The minimum Gasteiger partial charge on any atom is -0.396 e. The molecule has 10 heavy (non-hydrogen) atoms. The Labute approximate surface area is 57.4 Å². The van der Waals surface area contributed by atoms with Crippen LogP contribution in [0.2, 0.25) is 0 Å². The molecule has 0 saturated heterocycles. The van der Waals surface area contributed by atoms with Crippen molar-refractivity contribution < 1.29 is 4.79 Å². The van der Waals surface area contributed by atoms with Crippen molar-refractivity contribution in [3.63, 3.8) is 0 Å². The van der Waals surface area contributed by atoms with Gasteiger partial charge in [-0.3, -0.25) is 5.32 Å². The van der Waals surface area contributed by atoms with Gasteiger partial charge in [0.15, 0.2) is 0 Å². The van der Waals surface area contributed by atoms with Crippen LogP contribution in [-0.4, -0.2) is 12.2 Å². The summed E-state index contributed by atoms with van der Waals surface area (Å²) >= 11 is 0. The SMILES string of the molecule is NC1=C(N)C(N)NC(=O)N1. The number of urea groups is 1. The molecule has 1 atom stereocenters. The number of nitrogens with one attached hydrogen (secondary N) is 2. The van der Waals surface area contributed by atoms with Crippen LogP contribution >= 0.6 is 0 Å². The fourth-order valence-electron chi connectivity index (χ4n) is 0.617. The molecule has 1 heterocycles. The van der Waals surface area contributed by atoms with E-state index in [1.165, 1.54) is 0 Å². The highest BCUT2D eigenvalue weighted by atomic mass is 16.2. The van der Waals surface area contributed by atoms with E-state index >= 15 is 0 Å². The first-order valence-corrected chi connectivity index (χ1v) is 2.69. The van der Waals surface area contributed by atoms with E-state index in [9.17, 15) is 4.79 Å². The van der Waals surface area contributed by atoms with E-state index in [2.05, 4.69) is 10.6 Å². The zero-order valence-electron chi connectivity index (χ0n) is 5.22. The molecule has 0 aromatic heterocycles. The van der Waals surface area contributed by atoms with Crippen molar-refractivity contribution >= 4 is 6.03 Å². The van der Waals surface area contributed by atoms with Crippen molar-refractivity contribution in [2.45, 2.75) is 6.17 Å². The van der Waals surface area contributed by atoms with Gasteiger partial charge in [0.25, 0.3) is 0 Å². The molecule has 1 aliphatic rings. The molecular formula is C4H9N5O. The zero-order valence-corrected chi connectivity index (χ0v) is 5.22. The van der Waals surface area contributed by atoms with Crippen molar-refractivity contribution in [1.29, 1.82) is 0 Å². The second-order valence-electron chi connectivity index (χ2n) is 1.95. The van der Waals surface area contributed by atoms with Gasteiger partial charge in [0, 0.05) is 0 Å². The van der Waals surface area contributed by atoms with Gasteiger partial charge >= 0.3 is 6.03 Å². The smallest absolute Gasteiger partial charge is 0.321 e. The highest BCUT2D eigenvalue weighted by molar-refractivity contribution is 5.78. The second kappa shape index (κ2) is 2.07. The first-order valence-electron chi connectivity index (χ1n) is 2.69. The molecule has 0 spiro atoms. The largest absolute Gasteiger partial charge is 0.396 e. The molecular weight excluding hydrogens is 134 g/mol. The number of carbonyl (C=O) groups excluding carboxylic acids is 1. The van der Waals surface area contributed by atoms with Gasteiger partial charge in [-0.15, -0.1) is 0 Å². The van der Waals surface area contributed by atoms with Crippen LogP contribution in [0.4, 0.5) is 4.79 Å². The number of amides is 2. The summed E-state index contributed by atoms with van der Waals surface area (Å²) in [4.78, 5) is 10.6. The topological polar surface area (TPSA) is 119 Å². The average Bonchev–Trinajstić information content (AvgIpc) is 1.82. The summed E-state index contributed by atoms with van der Waals surface area (Å²) < 4.78 is 0. The van der Waals surface area contributed by atoms with E-state index in [4.69, 9.17) is 17.2 Å². The predicted molar refractivity (Wildman–Crippen MR) is 35.0 cm³/mol. The van der Waals surface area contributed by atoms with E-state index in [1.54, 1.807) is 0 Å². The van der Waals surface area contributed by atoms with E-state index in [0.29, 0.717) is 0 Å². The molecule has 8 N–H and O–H groups in total. The Morgan fingerprint density at radius 1 is 1.40 bits per heavy atom. The van der Waals surface area contributed by atoms with Crippen LogP contribution in [0.3, 0.4) is 0 Å². The monoisotopic (exact) mass is 143 g/mol. The Bertz CT molecular complexity index is 198. The number of hydrogen-bond donors (Lipinski definition) is 5. The Kier molecular flexibility index (Phi) is 1.38. The standard InChI is InChI=1S/C4H9N5O/c5-1-2(6)8-4(10)9-3(1)7/h2H,5-7H2,(H2,8,9,10). The lowest BCUT2D eigenvalue weighted by Crippen LogP contribution is -2.56. The van der Waals surface area contributed by atoms with Gasteiger partial charge in [0.05, 0.1) is 5.70 Å². The summed E-state index contributed by atoms with van der Waals surface area (Å²) in [6.07, 6.45) is -0.672. The molecule has 6 heteroatoms. The van der Waals surface area contributed by atoms with Crippen LogP contribution in [0.25, 0.3) is 0 Å². The Morgan fingerprint density at radius 2 is 2.00 bits per heavy atom. The quantitative estimate of drug-likeness (QED) is 0.261. The molecule has 2 amide bonds. The van der Waals surface area contributed by atoms with Crippen LogP contribution in [0, 0.1) is 0 Å². The van der Waals surface area contributed by atoms with Crippen molar-refractivity contribution in [1.82, 2.24) is 10.6 Å². The van der Waals surface area contributed by atoms with Crippen molar-refractivity contribution in [2.24, 2.45) is 17.2 Å². The molecule has 0 aromatic rings. The molecule has 0 bridgehead atoms. The highest BCUT2D eigenvalue weighted by Gasteiger charge is 2.18. The molecule has 56 valence electrons. The highest BCUT2D eigenvalue weighted by Crippen LogP contribution is 1.95. The fourth-order valence-corrected chi connectivity index (χ4v) is 0.617. The van der Waals surface area contributed by atoms with Crippen LogP contribution in [-0.2, 0) is 0 Å². The number of hydrogen-bond acceptors (Lipinski definition) is 4. The summed E-state index contributed by atoms with van der Waals surface area (Å²) in [6.45, 7) is 0. The van der Waals surface area contributed by atoms with E-state index in [-0.39, 0.29) is 11.5 Å². The first kappa shape index (κ1) is 6.69. The first-order chi connectivity index (χ1) is 4.61. The molecule has 0 aromatic carbocycles. The summed E-state index contributed by atoms with van der Waals surface area (Å²) in [5.41, 5.74) is 16.2. The van der Waals surface area contributed by atoms with Gasteiger partial charge in [0.1, 0.15) is 12.0 Å². The Hall–Kier alpha value is -1.43. The predicted octanol–water partition coefficient (Wildman–Crippen LogP) is -2.33. The summed E-state index contributed by atoms with van der Waals surface area (Å²) in [5.74, 6) is 0.122. The van der Waals surface area contributed by atoms with Crippen LogP contribution in [0.1, 0.15) is 0 Å². The summed E-state index contributed by atoms with van der Waals surface area (Å²) in [5, 5.41) is 4.59. The molecule has 0 radical (unpaired) electrons. The van der Waals surface area contributed by atoms with Gasteiger partial charge in [-0.05, 0) is 0 Å². The molecule has 1 aliphatic heterocycles. The number of carbonyl (C=O) groups is 1. The maximum absolute atomic E-state index is 10.6. The van der Waals surface area contributed by atoms with Gasteiger partial charge in [-0.1, -0.05) is 0 Å². The van der Waals surface area contributed by atoms with E-state index in [0.717, 1.165) is 0 Å². The normalized spacial score (nSPS) is 25.7. The molecule has 0 aliphatic carbocycles. The van der Waals surface area contributed by atoms with Gasteiger partial charge < -0.3 is 22.5 Å². The third kappa shape index (κ3) is 0.960. The van der Waals surface area contributed by atoms with E-state index in [1.807, 2.05) is 0 Å². The van der Waals surface area contributed by atoms with Crippen molar-refractivity contribution in [3.05, 3.63) is 11.5 Å². The Morgan fingerprint density at radius 3 is 2.50 bits per heavy atom. The van der Waals surface area contributed by atoms with Crippen LogP contribution in [0.15, 0.2) is 11.5 Å². The van der Waals surface area contributed by atoms with E-state index < -0.39 is 12.2 Å². The maximum atomic E-state index is 10.6. The third-order valence-corrected chi connectivity index (χ3v) is 1.18. The molecule has 1 rings (SSSR count). The third-order valence-electron chi connectivity index (χ3n) is 1.18. The van der Waals surface area contributed by atoms with Gasteiger partial charge in [-0.25, -0.2) is 4.79 Å². The lowest BCUT2D eigenvalue weighted by Gasteiger charge is -2.22. The lowest BCUT2D eigenvalue weighted by molar-refractivity contribution is 0.238. The average molecular weight is 143 g/mol. The summed E-state index contributed by atoms with van der Waals surface area (Å²) in [6, 6.07) is -0.431. The van der Waals surface area contributed by atoms with Gasteiger partial charge in [0.2, 0.25) is 0 Å². The molecule has 0 saturated carbocycles. The van der Waals surface area contributed by atoms with Crippen molar-refractivity contribution in [3.8, 4) is 0 Å². The number of nitrogens with two attached hydrogens (primary N) is 3. The van der Waals surface area contributed by atoms with Crippen molar-refractivity contribution in [2.75, 3.05) is 0 Å². The molecule has 0 fully saturated rings. The Balaban J connectivity index is 2.84. The second-order valence-corrected chi connectivity index (χ2v) is 1.95. The van der Waals surface area contributed by atoms with Gasteiger partial charge in [-0.2, -0.15) is 0 Å². The number of rotatable bonds is 0. The molecule has 1 unspecified atom stereocenters. The van der Waals surface area contributed by atoms with Crippen LogP contribution in [0.5, 0.6) is 0 Å². The minimum atomic E-state index is -0.672. The maximum Gasteiger partial charge on any atom is 0.321 e.